The molecule has 0 aromatic rings. The summed E-state index contributed by atoms with van der Waals surface area (Å²) in [4.78, 5) is 11.9. The highest BCUT2D eigenvalue weighted by Crippen LogP contribution is 2.20. The van der Waals surface area contributed by atoms with Gasteiger partial charge in [-0.1, -0.05) is 27.2 Å². The SMILES string of the molecule is CCC(C)(C)C(=O)NC1CCCCNC1. The van der Waals surface area contributed by atoms with Crippen molar-refractivity contribution in [2.45, 2.75) is 52.5 Å². The average Bonchev–Trinajstić information content (AvgIpc) is 2.46. The van der Waals surface area contributed by atoms with E-state index in [4.69, 9.17) is 0 Å². The number of amides is 1. The van der Waals surface area contributed by atoms with Crippen LogP contribution >= 0.6 is 0 Å². The lowest BCUT2D eigenvalue weighted by Crippen LogP contribution is -2.46. The van der Waals surface area contributed by atoms with Crippen molar-refractivity contribution in [3.05, 3.63) is 0 Å². The van der Waals surface area contributed by atoms with Crippen LogP contribution in [0.1, 0.15) is 46.5 Å². The molecule has 0 spiro atoms. The summed E-state index contributed by atoms with van der Waals surface area (Å²) in [5, 5.41) is 6.51. The summed E-state index contributed by atoms with van der Waals surface area (Å²) in [6.07, 6.45) is 4.44. The molecule has 1 aliphatic heterocycles. The van der Waals surface area contributed by atoms with Crippen molar-refractivity contribution in [1.82, 2.24) is 10.6 Å². The maximum atomic E-state index is 11.9. The van der Waals surface area contributed by atoms with Gasteiger partial charge in [0.25, 0.3) is 0 Å². The first-order valence-electron chi connectivity index (χ1n) is 6.08. The summed E-state index contributed by atoms with van der Waals surface area (Å²) in [6, 6.07) is 0.325. The van der Waals surface area contributed by atoms with E-state index >= 15 is 0 Å². The van der Waals surface area contributed by atoms with Crippen LogP contribution in [0.5, 0.6) is 0 Å². The number of nitrogens with one attached hydrogen (secondary N) is 2. The molecule has 1 saturated heterocycles. The van der Waals surface area contributed by atoms with Crippen LogP contribution in [-0.2, 0) is 4.79 Å². The van der Waals surface area contributed by atoms with Crippen molar-refractivity contribution in [1.29, 1.82) is 0 Å². The molecule has 1 fully saturated rings. The van der Waals surface area contributed by atoms with Gasteiger partial charge in [-0.25, -0.2) is 0 Å². The van der Waals surface area contributed by atoms with E-state index in [9.17, 15) is 4.79 Å². The maximum absolute atomic E-state index is 11.9. The molecule has 0 aromatic heterocycles. The zero-order chi connectivity index (χ0) is 11.3. The number of hydrogen-bond acceptors (Lipinski definition) is 2. The number of rotatable bonds is 3. The molecule has 1 unspecified atom stereocenters. The molecule has 1 atom stereocenters. The van der Waals surface area contributed by atoms with Gasteiger partial charge < -0.3 is 10.6 Å². The van der Waals surface area contributed by atoms with E-state index in [0.29, 0.717) is 6.04 Å². The normalized spacial score (nSPS) is 23.3. The minimum atomic E-state index is -0.230. The lowest BCUT2D eigenvalue weighted by molar-refractivity contribution is -0.130. The van der Waals surface area contributed by atoms with E-state index < -0.39 is 0 Å². The Balaban J connectivity index is 2.42. The van der Waals surface area contributed by atoms with Gasteiger partial charge in [0.2, 0.25) is 5.91 Å². The fourth-order valence-electron chi connectivity index (χ4n) is 1.68. The van der Waals surface area contributed by atoms with Crippen LogP contribution in [-0.4, -0.2) is 25.0 Å². The largest absolute Gasteiger partial charge is 0.352 e. The molecule has 1 aliphatic rings. The summed E-state index contributed by atoms with van der Waals surface area (Å²) >= 11 is 0. The van der Waals surface area contributed by atoms with Crippen molar-refractivity contribution < 1.29 is 4.79 Å². The minimum absolute atomic E-state index is 0.193. The second-order valence-corrected chi connectivity index (χ2v) is 5.11. The monoisotopic (exact) mass is 212 g/mol. The molecule has 0 aromatic carbocycles. The summed E-state index contributed by atoms with van der Waals surface area (Å²) in [5.74, 6) is 0.193. The second kappa shape index (κ2) is 5.50. The van der Waals surface area contributed by atoms with E-state index in [2.05, 4.69) is 17.6 Å². The van der Waals surface area contributed by atoms with Crippen LogP contribution in [0.25, 0.3) is 0 Å². The molecule has 0 saturated carbocycles. The van der Waals surface area contributed by atoms with Crippen molar-refractivity contribution in [3.8, 4) is 0 Å². The topological polar surface area (TPSA) is 41.1 Å². The minimum Gasteiger partial charge on any atom is -0.352 e. The molecule has 1 heterocycles. The molecule has 3 heteroatoms. The Labute approximate surface area is 93.0 Å². The Morgan fingerprint density at radius 2 is 2.20 bits per heavy atom. The van der Waals surface area contributed by atoms with E-state index in [1.807, 2.05) is 13.8 Å². The highest BCUT2D eigenvalue weighted by atomic mass is 16.2. The second-order valence-electron chi connectivity index (χ2n) is 5.11. The Morgan fingerprint density at radius 1 is 1.47 bits per heavy atom. The number of hydrogen-bond donors (Lipinski definition) is 2. The van der Waals surface area contributed by atoms with E-state index in [1.54, 1.807) is 0 Å². The van der Waals surface area contributed by atoms with Crippen LogP contribution in [0.2, 0.25) is 0 Å². The molecule has 88 valence electrons. The zero-order valence-corrected chi connectivity index (χ0v) is 10.2. The van der Waals surface area contributed by atoms with Gasteiger partial charge in [-0.05, 0) is 25.8 Å². The lowest BCUT2D eigenvalue weighted by atomic mass is 9.89. The van der Waals surface area contributed by atoms with Crippen LogP contribution < -0.4 is 10.6 Å². The lowest BCUT2D eigenvalue weighted by Gasteiger charge is -2.25. The quantitative estimate of drug-likeness (QED) is 0.747. The highest BCUT2D eigenvalue weighted by molar-refractivity contribution is 5.82. The van der Waals surface area contributed by atoms with Gasteiger partial charge in [-0.3, -0.25) is 4.79 Å². The third-order valence-electron chi connectivity index (χ3n) is 3.38. The zero-order valence-electron chi connectivity index (χ0n) is 10.2. The van der Waals surface area contributed by atoms with Crippen molar-refractivity contribution in [2.24, 2.45) is 5.41 Å². The summed E-state index contributed by atoms with van der Waals surface area (Å²) < 4.78 is 0. The van der Waals surface area contributed by atoms with Gasteiger partial charge in [0.05, 0.1) is 0 Å². The molecular formula is C12H24N2O. The fourth-order valence-corrected chi connectivity index (χ4v) is 1.68. The first kappa shape index (κ1) is 12.5. The standard InChI is InChI=1S/C12H24N2O/c1-4-12(2,3)11(15)14-10-7-5-6-8-13-9-10/h10,13H,4-9H2,1-3H3,(H,14,15). The molecule has 0 aliphatic carbocycles. The molecule has 1 rings (SSSR count). The fraction of sp³-hybridized carbons (Fsp3) is 0.917. The van der Waals surface area contributed by atoms with E-state index in [1.165, 1.54) is 12.8 Å². The maximum Gasteiger partial charge on any atom is 0.225 e. The number of carbonyl (C=O) groups excluding carboxylic acids is 1. The molecule has 15 heavy (non-hydrogen) atoms. The molecular weight excluding hydrogens is 188 g/mol. The average molecular weight is 212 g/mol. The third kappa shape index (κ3) is 3.82. The Morgan fingerprint density at radius 3 is 2.87 bits per heavy atom. The smallest absolute Gasteiger partial charge is 0.225 e. The van der Waals surface area contributed by atoms with Crippen molar-refractivity contribution in [3.63, 3.8) is 0 Å². The first-order valence-corrected chi connectivity index (χ1v) is 6.08. The first-order chi connectivity index (χ1) is 7.06. The Bertz CT molecular complexity index is 206. The van der Waals surface area contributed by atoms with Gasteiger partial charge in [0.1, 0.15) is 0 Å². The Kier molecular flexibility index (Phi) is 4.58. The molecule has 1 amide bonds. The predicted octanol–water partition coefficient (Wildman–Crippen LogP) is 1.68. The van der Waals surface area contributed by atoms with Gasteiger partial charge in [-0.15, -0.1) is 0 Å². The van der Waals surface area contributed by atoms with Crippen molar-refractivity contribution >= 4 is 5.91 Å². The van der Waals surface area contributed by atoms with Crippen LogP contribution in [0.15, 0.2) is 0 Å². The van der Waals surface area contributed by atoms with Gasteiger partial charge in [0, 0.05) is 18.0 Å². The molecule has 0 bridgehead atoms. The molecule has 0 radical (unpaired) electrons. The van der Waals surface area contributed by atoms with Gasteiger partial charge in [-0.2, -0.15) is 0 Å². The van der Waals surface area contributed by atoms with Crippen molar-refractivity contribution in [2.75, 3.05) is 13.1 Å². The Hall–Kier alpha value is -0.570. The van der Waals surface area contributed by atoms with E-state index in [-0.39, 0.29) is 11.3 Å². The van der Waals surface area contributed by atoms with Crippen LogP contribution in [0.4, 0.5) is 0 Å². The van der Waals surface area contributed by atoms with Crippen LogP contribution in [0.3, 0.4) is 0 Å². The summed E-state index contributed by atoms with van der Waals surface area (Å²) in [6.45, 7) is 8.08. The third-order valence-corrected chi connectivity index (χ3v) is 3.38. The summed E-state index contributed by atoms with van der Waals surface area (Å²) in [5.41, 5.74) is -0.230. The molecule has 3 nitrogen and oxygen atoms in total. The number of carbonyl (C=O) groups is 1. The highest BCUT2D eigenvalue weighted by Gasteiger charge is 2.27. The van der Waals surface area contributed by atoms with Crippen LogP contribution in [0, 0.1) is 5.41 Å². The van der Waals surface area contributed by atoms with E-state index in [0.717, 1.165) is 25.9 Å². The van der Waals surface area contributed by atoms with Gasteiger partial charge in [0.15, 0.2) is 0 Å². The predicted molar refractivity (Wildman–Crippen MR) is 62.7 cm³/mol. The summed E-state index contributed by atoms with van der Waals surface area (Å²) in [7, 11) is 0. The molecule has 2 N–H and O–H groups in total. The van der Waals surface area contributed by atoms with Gasteiger partial charge >= 0.3 is 0 Å².